The molecule has 1 N–H and O–H groups in total. The summed E-state index contributed by atoms with van der Waals surface area (Å²) >= 11 is 11.4. The summed E-state index contributed by atoms with van der Waals surface area (Å²) in [7, 11) is 0. The van der Waals surface area contributed by atoms with E-state index in [0.717, 1.165) is 0 Å². The summed E-state index contributed by atoms with van der Waals surface area (Å²) < 4.78 is 0. The molecule has 1 rings (SSSR count). The minimum Gasteiger partial charge on any atom is -0.478 e. The number of hydrogen-bond acceptors (Lipinski definition) is 1. The number of benzene rings is 1. The van der Waals surface area contributed by atoms with Gasteiger partial charge in [-0.2, -0.15) is 0 Å². The van der Waals surface area contributed by atoms with Crippen LogP contribution in [0.2, 0.25) is 10.0 Å². The minimum absolute atomic E-state index is 0.0820. The van der Waals surface area contributed by atoms with Crippen LogP contribution in [0.3, 0.4) is 0 Å². The standard InChI is InChI=1S/C8H6Cl2O2/c1-4-6(9)3-2-5(7(4)10)8(11)12/h2-3H,1H3,(H,11,12). The highest BCUT2D eigenvalue weighted by Gasteiger charge is 2.11. The van der Waals surface area contributed by atoms with Gasteiger partial charge in [0.05, 0.1) is 10.6 Å². The predicted molar refractivity (Wildman–Crippen MR) is 48.2 cm³/mol. The number of carboxylic acid groups (broad SMARTS) is 1. The average Bonchev–Trinajstić information content (AvgIpc) is 2.00. The highest BCUT2D eigenvalue weighted by atomic mass is 35.5. The highest BCUT2D eigenvalue weighted by molar-refractivity contribution is 6.37. The molecule has 2 nitrogen and oxygen atoms in total. The van der Waals surface area contributed by atoms with Gasteiger partial charge in [-0.05, 0) is 24.6 Å². The van der Waals surface area contributed by atoms with E-state index < -0.39 is 5.97 Å². The maximum absolute atomic E-state index is 10.6. The Balaban J connectivity index is 3.36. The SMILES string of the molecule is Cc1c(Cl)ccc(C(=O)O)c1Cl. The Labute approximate surface area is 79.7 Å². The highest BCUT2D eigenvalue weighted by Crippen LogP contribution is 2.26. The van der Waals surface area contributed by atoms with Crippen LogP contribution in [-0.4, -0.2) is 11.1 Å². The van der Waals surface area contributed by atoms with E-state index in [-0.39, 0.29) is 10.6 Å². The van der Waals surface area contributed by atoms with Crippen LogP contribution in [0.15, 0.2) is 12.1 Å². The summed E-state index contributed by atoms with van der Waals surface area (Å²) in [5.74, 6) is -1.04. The Morgan fingerprint density at radius 1 is 1.42 bits per heavy atom. The first-order valence-electron chi connectivity index (χ1n) is 3.22. The van der Waals surface area contributed by atoms with Gasteiger partial charge in [-0.15, -0.1) is 0 Å². The number of rotatable bonds is 1. The molecule has 0 saturated carbocycles. The number of carboxylic acids is 1. The fraction of sp³-hybridized carbons (Fsp3) is 0.125. The number of aromatic carboxylic acids is 1. The molecule has 0 unspecified atom stereocenters. The van der Waals surface area contributed by atoms with Gasteiger partial charge in [0.25, 0.3) is 0 Å². The van der Waals surface area contributed by atoms with Crippen molar-refractivity contribution in [3.8, 4) is 0 Å². The van der Waals surface area contributed by atoms with Crippen LogP contribution in [0, 0.1) is 6.92 Å². The lowest BCUT2D eigenvalue weighted by molar-refractivity contribution is 0.0697. The molecule has 0 fully saturated rings. The molecule has 0 spiro atoms. The molecule has 0 bridgehead atoms. The van der Waals surface area contributed by atoms with E-state index in [9.17, 15) is 4.79 Å². The Bertz CT molecular complexity index is 334. The van der Waals surface area contributed by atoms with Crippen LogP contribution in [-0.2, 0) is 0 Å². The van der Waals surface area contributed by atoms with Crippen molar-refractivity contribution >= 4 is 29.2 Å². The third kappa shape index (κ3) is 1.54. The Hall–Kier alpha value is -0.730. The molecule has 1 aromatic rings. The molecule has 0 aliphatic heterocycles. The van der Waals surface area contributed by atoms with Crippen molar-refractivity contribution in [3.05, 3.63) is 33.3 Å². The van der Waals surface area contributed by atoms with Crippen LogP contribution >= 0.6 is 23.2 Å². The molecule has 0 saturated heterocycles. The second kappa shape index (κ2) is 3.33. The normalized spacial score (nSPS) is 9.92. The van der Waals surface area contributed by atoms with Gasteiger partial charge in [0.15, 0.2) is 0 Å². The Morgan fingerprint density at radius 3 is 2.50 bits per heavy atom. The van der Waals surface area contributed by atoms with Gasteiger partial charge in [-0.3, -0.25) is 0 Å². The number of hydrogen-bond donors (Lipinski definition) is 1. The van der Waals surface area contributed by atoms with Crippen molar-refractivity contribution in [2.45, 2.75) is 6.92 Å². The number of carbonyl (C=O) groups is 1. The molecular formula is C8H6Cl2O2. The van der Waals surface area contributed by atoms with Crippen molar-refractivity contribution in [2.75, 3.05) is 0 Å². The van der Waals surface area contributed by atoms with Crippen LogP contribution in [0.1, 0.15) is 15.9 Å². The lowest BCUT2D eigenvalue weighted by atomic mass is 10.1. The van der Waals surface area contributed by atoms with Gasteiger partial charge in [0.1, 0.15) is 0 Å². The monoisotopic (exact) mass is 204 g/mol. The molecule has 0 radical (unpaired) electrons. The first-order valence-corrected chi connectivity index (χ1v) is 3.97. The zero-order valence-electron chi connectivity index (χ0n) is 6.27. The number of halogens is 2. The van der Waals surface area contributed by atoms with Gasteiger partial charge in [0.2, 0.25) is 0 Å². The molecule has 0 heterocycles. The van der Waals surface area contributed by atoms with E-state index in [1.165, 1.54) is 12.1 Å². The van der Waals surface area contributed by atoms with Crippen molar-refractivity contribution in [2.24, 2.45) is 0 Å². The van der Waals surface area contributed by atoms with Gasteiger partial charge in [0, 0.05) is 5.02 Å². The topological polar surface area (TPSA) is 37.3 Å². The lowest BCUT2D eigenvalue weighted by Gasteiger charge is -2.03. The molecule has 1 aromatic carbocycles. The smallest absolute Gasteiger partial charge is 0.337 e. The van der Waals surface area contributed by atoms with Crippen molar-refractivity contribution in [3.63, 3.8) is 0 Å². The van der Waals surface area contributed by atoms with Gasteiger partial charge in [-0.1, -0.05) is 23.2 Å². The lowest BCUT2D eigenvalue weighted by Crippen LogP contribution is -1.98. The summed E-state index contributed by atoms with van der Waals surface area (Å²) in [4.78, 5) is 10.6. The van der Waals surface area contributed by atoms with E-state index in [1.807, 2.05) is 0 Å². The summed E-state index contributed by atoms with van der Waals surface area (Å²) in [6.07, 6.45) is 0. The predicted octanol–water partition coefficient (Wildman–Crippen LogP) is 3.00. The molecular weight excluding hydrogens is 199 g/mol. The first kappa shape index (κ1) is 9.36. The quantitative estimate of drug-likeness (QED) is 0.764. The van der Waals surface area contributed by atoms with Crippen LogP contribution in [0.25, 0.3) is 0 Å². The maximum Gasteiger partial charge on any atom is 0.337 e. The van der Waals surface area contributed by atoms with Crippen molar-refractivity contribution < 1.29 is 9.90 Å². The van der Waals surface area contributed by atoms with Gasteiger partial charge < -0.3 is 5.11 Å². The zero-order chi connectivity index (χ0) is 9.30. The second-order valence-electron chi connectivity index (χ2n) is 2.34. The summed E-state index contributed by atoms with van der Waals surface area (Å²) in [5, 5.41) is 9.33. The Morgan fingerprint density at radius 2 is 2.00 bits per heavy atom. The average molecular weight is 205 g/mol. The largest absolute Gasteiger partial charge is 0.478 e. The summed E-state index contributed by atoms with van der Waals surface area (Å²) in [6, 6.07) is 2.91. The Kier molecular flexibility index (Phi) is 2.60. The minimum atomic E-state index is -1.04. The van der Waals surface area contributed by atoms with Crippen LogP contribution in [0.4, 0.5) is 0 Å². The van der Waals surface area contributed by atoms with Crippen LogP contribution < -0.4 is 0 Å². The zero-order valence-corrected chi connectivity index (χ0v) is 7.78. The third-order valence-electron chi connectivity index (χ3n) is 1.55. The second-order valence-corrected chi connectivity index (χ2v) is 3.12. The molecule has 4 heteroatoms. The van der Waals surface area contributed by atoms with Gasteiger partial charge in [-0.25, -0.2) is 4.79 Å². The molecule has 0 amide bonds. The van der Waals surface area contributed by atoms with Gasteiger partial charge >= 0.3 is 5.97 Å². The summed E-state index contributed by atoms with van der Waals surface area (Å²) in [6.45, 7) is 1.68. The molecule has 0 aromatic heterocycles. The van der Waals surface area contributed by atoms with E-state index in [1.54, 1.807) is 6.92 Å². The molecule has 0 atom stereocenters. The fourth-order valence-electron chi connectivity index (χ4n) is 0.827. The molecule has 0 aliphatic carbocycles. The van der Waals surface area contributed by atoms with Crippen molar-refractivity contribution in [1.29, 1.82) is 0 Å². The molecule has 0 aliphatic rings. The van der Waals surface area contributed by atoms with E-state index in [0.29, 0.717) is 10.6 Å². The van der Waals surface area contributed by atoms with E-state index in [4.69, 9.17) is 28.3 Å². The molecule has 64 valence electrons. The van der Waals surface area contributed by atoms with Crippen molar-refractivity contribution in [1.82, 2.24) is 0 Å². The first-order chi connectivity index (χ1) is 5.54. The third-order valence-corrected chi connectivity index (χ3v) is 2.45. The maximum atomic E-state index is 10.6. The summed E-state index contributed by atoms with van der Waals surface area (Å²) in [5.41, 5.74) is 0.678. The molecule has 12 heavy (non-hydrogen) atoms. The fourth-order valence-corrected chi connectivity index (χ4v) is 1.28. The van der Waals surface area contributed by atoms with E-state index in [2.05, 4.69) is 0 Å². The van der Waals surface area contributed by atoms with E-state index >= 15 is 0 Å². The van der Waals surface area contributed by atoms with Crippen LogP contribution in [0.5, 0.6) is 0 Å².